The van der Waals surface area contributed by atoms with E-state index in [4.69, 9.17) is 13.9 Å². The Hall–Kier alpha value is -3.73. The van der Waals surface area contributed by atoms with Gasteiger partial charge in [0, 0.05) is 11.1 Å². The van der Waals surface area contributed by atoms with E-state index in [9.17, 15) is 4.79 Å². The lowest BCUT2D eigenvalue weighted by atomic mass is 10.0. The summed E-state index contributed by atoms with van der Waals surface area (Å²) in [6, 6.07) is 24.9. The van der Waals surface area contributed by atoms with Gasteiger partial charge in [0.2, 0.25) is 0 Å². The van der Waals surface area contributed by atoms with E-state index in [-0.39, 0.29) is 0 Å². The summed E-state index contributed by atoms with van der Waals surface area (Å²) < 4.78 is 17.9. The lowest BCUT2D eigenvalue weighted by molar-refractivity contribution is 0.414. The molecule has 0 bridgehead atoms. The number of benzene rings is 3. The molecule has 0 saturated heterocycles. The highest BCUT2D eigenvalue weighted by Crippen LogP contribution is 2.33. The van der Waals surface area contributed by atoms with Gasteiger partial charge in [-0.15, -0.1) is 0 Å². The largest absolute Gasteiger partial charge is 0.497 e. The van der Waals surface area contributed by atoms with E-state index in [2.05, 4.69) is 0 Å². The number of oxazole rings is 1. The zero-order chi connectivity index (χ0) is 20.2. The molecule has 5 nitrogen and oxygen atoms in total. The summed E-state index contributed by atoms with van der Waals surface area (Å²) in [7, 11) is 3.25. The van der Waals surface area contributed by atoms with Gasteiger partial charge in [-0.05, 0) is 54.1 Å². The second-order valence-electron chi connectivity index (χ2n) is 6.57. The van der Waals surface area contributed by atoms with E-state index < -0.39 is 5.76 Å². The maximum atomic E-state index is 12.8. The number of ether oxygens (including phenoxy) is 2. The molecule has 0 aliphatic heterocycles. The zero-order valence-electron chi connectivity index (χ0n) is 16.3. The number of nitrogens with zero attached hydrogens (tertiary/aromatic N) is 1. The molecule has 1 heterocycles. The van der Waals surface area contributed by atoms with Crippen LogP contribution in [-0.2, 0) is 6.54 Å². The summed E-state index contributed by atoms with van der Waals surface area (Å²) in [6.45, 7) is 0.417. The Balaban J connectivity index is 1.87. The molecule has 146 valence electrons. The first-order valence-electron chi connectivity index (χ1n) is 9.26. The van der Waals surface area contributed by atoms with Crippen molar-refractivity contribution < 1.29 is 13.9 Å². The molecule has 5 heteroatoms. The third-order valence-corrected chi connectivity index (χ3v) is 4.79. The van der Waals surface area contributed by atoms with Gasteiger partial charge in [-0.2, -0.15) is 0 Å². The van der Waals surface area contributed by atoms with Gasteiger partial charge in [-0.1, -0.05) is 30.3 Å². The van der Waals surface area contributed by atoms with Gasteiger partial charge in [-0.3, -0.25) is 4.57 Å². The summed E-state index contributed by atoms with van der Waals surface area (Å²) in [6.07, 6.45) is 0. The van der Waals surface area contributed by atoms with Crippen LogP contribution in [0, 0.1) is 0 Å². The molecule has 0 saturated carbocycles. The Morgan fingerprint density at radius 1 is 0.759 bits per heavy atom. The topological polar surface area (TPSA) is 53.6 Å². The van der Waals surface area contributed by atoms with Crippen LogP contribution in [0.15, 0.2) is 88.1 Å². The molecular weight excluding hydrogens is 366 g/mol. The predicted molar refractivity (Wildman–Crippen MR) is 112 cm³/mol. The minimum absolute atomic E-state index is 0.398. The van der Waals surface area contributed by atoms with E-state index in [1.54, 1.807) is 18.8 Å². The van der Waals surface area contributed by atoms with Crippen molar-refractivity contribution in [2.24, 2.45) is 0 Å². The van der Waals surface area contributed by atoms with Crippen molar-refractivity contribution in [3.05, 3.63) is 95.0 Å². The van der Waals surface area contributed by atoms with Crippen LogP contribution in [-0.4, -0.2) is 18.8 Å². The highest BCUT2D eigenvalue weighted by molar-refractivity contribution is 5.77. The van der Waals surface area contributed by atoms with E-state index in [0.717, 1.165) is 33.9 Å². The van der Waals surface area contributed by atoms with Crippen molar-refractivity contribution in [1.82, 2.24) is 4.57 Å². The quantitative estimate of drug-likeness (QED) is 0.475. The van der Waals surface area contributed by atoms with Crippen LogP contribution in [0.1, 0.15) is 5.56 Å². The molecule has 0 spiro atoms. The van der Waals surface area contributed by atoms with Gasteiger partial charge in [-0.25, -0.2) is 4.79 Å². The lowest BCUT2D eigenvalue weighted by Crippen LogP contribution is -2.16. The minimum Gasteiger partial charge on any atom is -0.497 e. The molecule has 0 radical (unpaired) electrons. The van der Waals surface area contributed by atoms with E-state index in [0.29, 0.717) is 12.3 Å². The van der Waals surface area contributed by atoms with Crippen LogP contribution < -0.4 is 15.2 Å². The Morgan fingerprint density at radius 3 is 1.86 bits per heavy atom. The number of methoxy groups -OCH3 is 2. The Kier molecular flexibility index (Phi) is 5.20. The van der Waals surface area contributed by atoms with Gasteiger partial charge in [0.15, 0.2) is 5.76 Å². The molecule has 0 atom stereocenters. The third-order valence-electron chi connectivity index (χ3n) is 4.79. The smallest absolute Gasteiger partial charge is 0.420 e. The zero-order valence-corrected chi connectivity index (χ0v) is 16.3. The van der Waals surface area contributed by atoms with Crippen LogP contribution in [0.2, 0.25) is 0 Å². The summed E-state index contributed by atoms with van der Waals surface area (Å²) in [5.41, 5.74) is 3.43. The standard InChI is InChI=1S/C24H21NO4/c1-27-20-12-8-18(9-13-20)22-23(19-10-14-21(28-2)15-11-19)29-24(26)25(22)16-17-6-4-3-5-7-17/h3-15H,16H2,1-2H3. The van der Waals surface area contributed by atoms with E-state index >= 15 is 0 Å². The lowest BCUT2D eigenvalue weighted by Gasteiger charge is -2.10. The number of hydrogen-bond donors (Lipinski definition) is 0. The van der Waals surface area contributed by atoms with Gasteiger partial charge >= 0.3 is 5.76 Å². The van der Waals surface area contributed by atoms with Gasteiger partial charge in [0.1, 0.15) is 11.5 Å². The number of hydrogen-bond acceptors (Lipinski definition) is 4. The molecule has 1 aromatic heterocycles. The fourth-order valence-corrected chi connectivity index (χ4v) is 3.29. The summed E-state index contributed by atoms with van der Waals surface area (Å²) >= 11 is 0. The van der Waals surface area contributed by atoms with Crippen LogP contribution in [0.25, 0.3) is 22.6 Å². The summed E-state index contributed by atoms with van der Waals surface area (Å²) in [5, 5.41) is 0. The molecule has 0 unspecified atom stereocenters. The van der Waals surface area contributed by atoms with Crippen LogP contribution in [0.5, 0.6) is 11.5 Å². The Morgan fingerprint density at radius 2 is 1.31 bits per heavy atom. The Labute approximate surface area is 168 Å². The second kappa shape index (κ2) is 8.10. The molecule has 4 rings (SSSR count). The van der Waals surface area contributed by atoms with Crippen molar-refractivity contribution in [2.45, 2.75) is 6.54 Å². The molecule has 0 fully saturated rings. The van der Waals surface area contributed by atoms with Gasteiger partial charge in [0.25, 0.3) is 0 Å². The molecule has 0 N–H and O–H groups in total. The highest BCUT2D eigenvalue weighted by Gasteiger charge is 2.20. The normalized spacial score (nSPS) is 10.7. The third kappa shape index (κ3) is 3.80. The monoisotopic (exact) mass is 387 g/mol. The van der Waals surface area contributed by atoms with Crippen molar-refractivity contribution in [1.29, 1.82) is 0 Å². The first kappa shape index (κ1) is 18.6. The van der Waals surface area contributed by atoms with E-state index in [1.165, 1.54) is 0 Å². The van der Waals surface area contributed by atoms with Crippen LogP contribution in [0.3, 0.4) is 0 Å². The maximum Gasteiger partial charge on any atom is 0.420 e. The molecule has 0 aliphatic carbocycles. The number of rotatable bonds is 6. The van der Waals surface area contributed by atoms with Crippen molar-refractivity contribution in [3.8, 4) is 34.1 Å². The highest BCUT2D eigenvalue weighted by atomic mass is 16.5. The SMILES string of the molecule is COc1ccc(-c2oc(=O)n(Cc3ccccc3)c2-c2ccc(OC)cc2)cc1. The molecule has 4 aromatic rings. The van der Waals surface area contributed by atoms with Crippen molar-refractivity contribution in [3.63, 3.8) is 0 Å². The number of aromatic nitrogens is 1. The molecule has 0 amide bonds. The molecule has 0 aliphatic rings. The first-order chi connectivity index (χ1) is 14.2. The van der Waals surface area contributed by atoms with Crippen molar-refractivity contribution in [2.75, 3.05) is 14.2 Å². The molecule has 29 heavy (non-hydrogen) atoms. The Bertz CT molecular complexity index is 1140. The maximum absolute atomic E-state index is 12.8. The first-order valence-corrected chi connectivity index (χ1v) is 9.26. The van der Waals surface area contributed by atoms with Gasteiger partial charge in [0.05, 0.1) is 26.5 Å². The molecule has 3 aromatic carbocycles. The second-order valence-corrected chi connectivity index (χ2v) is 6.57. The minimum atomic E-state index is -0.398. The fourth-order valence-electron chi connectivity index (χ4n) is 3.29. The summed E-state index contributed by atoms with van der Waals surface area (Å²) in [5.74, 6) is 1.62. The molecular formula is C24H21NO4. The summed E-state index contributed by atoms with van der Waals surface area (Å²) in [4.78, 5) is 12.8. The van der Waals surface area contributed by atoms with Crippen LogP contribution in [0.4, 0.5) is 0 Å². The van der Waals surface area contributed by atoms with Crippen molar-refractivity contribution >= 4 is 0 Å². The van der Waals surface area contributed by atoms with E-state index in [1.807, 2.05) is 78.9 Å². The predicted octanol–water partition coefficient (Wildman–Crippen LogP) is 4.84. The average Bonchev–Trinajstić information content (AvgIpc) is 3.10. The average molecular weight is 387 g/mol. The van der Waals surface area contributed by atoms with Gasteiger partial charge < -0.3 is 13.9 Å². The van der Waals surface area contributed by atoms with Crippen LogP contribution >= 0.6 is 0 Å². The fraction of sp³-hybridized carbons (Fsp3) is 0.125.